The van der Waals surface area contributed by atoms with Gasteiger partial charge in [-0.3, -0.25) is 9.48 Å². The van der Waals surface area contributed by atoms with Crippen LogP contribution in [-0.2, 0) is 7.05 Å². The molecule has 0 aliphatic heterocycles. The Hall–Kier alpha value is -1.36. The van der Waals surface area contributed by atoms with Crippen LogP contribution in [0.15, 0.2) is 24.3 Å². The Morgan fingerprint density at radius 1 is 1.35 bits per heavy atom. The van der Waals surface area contributed by atoms with Gasteiger partial charge in [-0.2, -0.15) is 5.10 Å². The Morgan fingerprint density at radius 2 is 2.10 bits per heavy atom. The summed E-state index contributed by atoms with van der Waals surface area (Å²) in [5, 5.41) is 8.41. The number of hydrogen-bond donors (Lipinski definition) is 1. The maximum atomic E-state index is 12.5. The van der Waals surface area contributed by atoms with E-state index < -0.39 is 0 Å². The average molecular weight is 336 g/mol. The summed E-state index contributed by atoms with van der Waals surface area (Å²) in [7, 11) is 1.87. The quantitative estimate of drug-likeness (QED) is 0.857. The van der Waals surface area contributed by atoms with Gasteiger partial charge in [-0.1, -0.05) is 47.0 Å². The Labute approximate surface area is 126 Å². The normalized spacial score (nSPS) is 22.9. The van der Waals surface area contributed by atoms with Crippen LogP contribution >= 0.6 is 15.9 Å². The second-order valence-electron chi connectivity index (χ2n) is 5.37. The summed E-state index contributed by atoms with van der Waals surface area (Å²) in [5.41, 5.74) is 1.50. The van der Waals surface area contributed by atoms with Crippen LogP contribution in [0, 0.1) is 0 Å². The first-order valence-corrected chi connectivity index (χ1v) is 7.95. The van der Waals surface area contributed by atoms with E-state index in [1.165, 1.54) is 12.8 Å². The monoisotopic (exact) mass is 335 g/mol. The van der Waals surface area contributed by atoms with Crippen LogP contribution in [0.4, 0.5) is 0 Å². The molecule has 20 heavy (non-hydrogen) atoms. The van der Waals surface area contributed by atoms with Crippen molar-refractivity contribution in [2.24, 2.45) is 7.05 Å². The molecule has 1 amide bonds. The minimum Gasteiger partial charge on any atom is -0.347 e. The minimum absolute atomic E-state index is 0.0712. The van der Waals surface area contributed by atoms with Crippen LogP contribution in [0.25, 0.3) is 10.9 Å². The van der Waals surface area contributed by atoms with Crippen molar-refractivity contribution in [3.63, 3.8) is 0 Å². The number of rotatable bonds is 2. The zero-order valence-electron chi connectivity index (χ0n) is 11.5. The van der Waals surface area contributed by atoms with Gasteiger partial charge in [0.25, 0.3) is 5.91 Å². The number of carbonyl (C=O) groups is 1. The minimum atomic E-state index is -0.0712. The second kappa shape index (κ2) is 5.56. The number of aromatic nitrogens is 2. The molecule has 0 spiro atoms. The van der Waals surface area contributed by atoms with Gasteiger partial charge >= 0.3 is 0 Å². The number of amides is 1. The first-order chi connectivity index (χ1) is 9.66. The van der Waals surface area contributed by atoms with E-state index in [4.69, 9.17) is 0 Å². The lowest BCUT2D eigenvalue weighted by Crippen LogP contribution is -2.42. The Kier molecular flexibility index (Phi) is 3.78. The smallest absolute Gasteiger partial charge is 0.272 e. The van der Waals surface area contributed by atoms with Gasteiger partial charge in [0, 0.05) is 23.3 Å². The van der Waals surface area contributed by atoms with Crippen LogP contribution in [0.3, 0.4) is 0 Å². The number of para-hydroxylation sites is 1. The molecule has 1 fully saturated rings. The maximum Gasteiger partial charge on any atom is 0.272 e. The van der Waals surface area contributed by atoms with Gasteiger partial charge in [0.2, 0.25) is 0 Å². The van der Waals surface area contributed by atoms with Crippen LogP contribution in [-0.4, -0.2) is 26.6 Å². The van der Waals surface area contributed by atoms with E-state index in [2.05, 4.69) is 26.3 Å². The predicted octanol–water partition coefficient (Wildman–Crippen LogP) is 3.01. The summed E-state index contributed by atoms with van der Waals surface area (Å²) in [4.78, 5) is 12.8. The molecule has 2 atom stereocenters. The molecule has 1 aliphatic carbocycles. The summed E-state index contributed by atoms with van der Waals surface area (Å²) in [6.07, 6.45) is 4.56. The van der Waals surface area contributed by atoms with Gasteiger partial charge in [0.1, 0.15) is 0 Å². The lowest BCUT2D eigenvalue weighted by atomic mass is 9.95. The molecular weight excluding hydrogens is 318 g/mol. The molecule has 5 heteroatoms. The van der Waals surface area contributed by atoms with Crippen molar-refractivity contribution >= 4 is 32.7 Å². The van der Waals surface area contributed by atoms with Crippen molar-refractivity contribution < 1.29 is 4.79 Å². The Morgan fingerprint density at radius 3 is 2.90 bits per heavy atom. The fourth-order valence-corrected chi connectivity index (χ4v) is 3.59. The highest BCUT2D eigenvalue weighted by molar-refractivity contribution is 9.09. The number of carbonyl (C=O) groups excluding carboxylic acids is 1. The number of aryl methyl sites for hydroxylation is 1. The molecule has 1 N–H and O–H groups in total. The van der Waals surface area contributed by atoms with Crippen molar-refractivity contribution in [1.82, 2.24) is 15.1 Å². The SMILES string of the molecule is Cn1nc(C(=O)NC2CCCCC2Br)c2ccccc21. The zero-order chi connectivity index (χ0) is 14.1. The number of nitrogens with one attached hydrogen (secondary N) is 1. The van der Waals surface area contributed by atoms with Crippen LogP contribution < -0.4 is 5.32 Å². The number of fused-ring (bicyclic) bond motifs is 1. The van der Waals surface area contributed by atoms with Crippen molar-refractivity contribution in [3.05, 3.63) is 30.0 Å². The number of alkyl halides is 1. The van der Waals surface area contributed by atoms with Crippen LogP contribution in [0.2, 0.25) is 0 Å². The standard InChI is InChI=1S/C15H18BrN3O/c1-19-13-9-5-2-6-10(13)14(18-19)15(20)17-12-8-4-3-7-11(12)16/h2,5-6,9,11-12H,3-4,7-8H2,1H3,(H,17,20). The topological polar surface area (TPSA) is 46.9 Å². The van der Waals surface area contributed by atoms with Gasteiger partial charge in [-0.05, 0) is 18.9 Å². The number of hydrogen-bond acceptors (Lipinski definition) is 2. The molecule has 0 bridgehead atoms. The molecule has 0 radical (unpaired) electrons. The fourth-order valence-electron chi connectivity index (χ4n) is 2.87. The molecule has 0 saturated heterocycles. The molecule has 1 aromatic heterocycles. The van der Waals surface area contributed by atoms with Gasteiger partial charge < -0.3 is 5.32 Å². The number of halogens is 1. The molecule has 1 aromatic carbocycles. The molecule has 2 unspecified atom stereocenters. The molecule has 1 heterocycles. The highest BCUT2D eigenvalue weighted by atomic mass is 79.9. The second-order valence-corrected chi connectivity index (χ2v) is 6.55. The fraction of sp³-hybridized carbons (Fsp3) is 0.467. The lowest BCUT2D eigenvalue weighted by molar-refractivity contribution is 0.0925. The van der Waals surface area contributed by atoms with Crippen molar-refractivity contribution in [2.75, 3.05) is 0 Å². The molecule has 106 valence electrons. The Balaban J connectivity index is 1.85. The zero-order valence-corrected chi connectivity index (χ0v) is 13.1. The van der Waals surface area contributed by atoms with Crippen LogP contribution in [0.1, 0.15) is 36.2 Å². The first kappa shape index (κ1) is 13.6. The first-order valence-electron chi connectivity index (χ1n) is 7.03. The third kappa shape index (κ3) is 2.46. The van der Waals surface area contributed by atoms with Crippen molar-refractivity contribution in [3.8, 4) is 0 Å². The molecular formula is C15H18BrN3O. The predicted molar refractivity (Wildman–Crippen MR) is 83.2 cm³/mol. The van der Waals surface area contributed by atoms with Crippen molar-refractivity contribution in [2.45, 2.75) is 36.6 Å². The number of nitrogens with zero attached hydrogens (tertiary/aromatic N) is 2. The lowest BCUT2D eigenvalue weighted by Gasteiger charge is -2.27. The van der Waals surface area contributed by atoms with E-state index in [9.17, 15) is 4.79 Å². The summed E-state index contributed by atoms with van der Waals surface area (Å²) in [6.45, 7) is 0. The molecule has 4 nitrogen and oxygen atoms in total. The van der Waals surface area contributed by atoms with Gasteiger partial charge in [0.15, 0.2) is 5.69 Å². The summed E-state index contributed by atoms with van der Waals surface area (Å²) in [5.74, 6) is -0.0712. The van der Waals surface area contributed by atoms with E-state index in [1.807, 2.05) is 31.3 Å². The van der Waals surface area contributed by atoms with E-state index in [-0.39, 0.29) is 11.9 Å². The van der Waals surface area contributed by atoms with Crippen LogP contribution in [0.5, 0.6) is 0 Å². The van der Waals surface area contributed by atoms with E-state index in [1.54, 1.807) is 4.68 Å². The molecule has 1 aliphatic rings. The van der Waals surface area contributed by atoms with E-state index in [0.717, 1.165) is 23.7 Å². The van der Waals surface area contributed by atoms with E-state index >= 15 is 0 Å². The maximum absolute atomic E-state index is 12.5. The Bertz CT molecular complexity index is 637. The van der Waals surface area contributed by atoms with Crippen molar-refractivity contribution in [1.29, 1.82) is 0 Å². The summed E-state index contributed by atoms with van der Waals surface area (Å²) >= 11 is 3.67. The van der Waals surface area contributed by atoms with E-state index in [0.29, 0.717) is 10.5 Å². The molecule has 3 rings (SSSR count). The third-order valence-corrected chi connectivity index (χ3v) is 5.07. The third-order valence-electron chi connectivity index (χ3n) is 3.97. The summed E-state index contributed by atoms with van der Waals surface area (Å²) < 4.78 is 1.76. The summed E-state index contributed by atoms with van der Waals surface area (Å²) in [6, 6.07) is 8.03. The number of benzene rings is 1. The van der Waals surface area contributed by atoms with Gasteiger partial charge in [-0.15, -0.1) is 0 Å². The van der Waals surface area contributed by atoms with Gasteiger partial charge in [-0.25, -0.2) is 0 Å². The highest BCUT2D eigenvalue weighted by Gasteiger charge is 2.26. The largest absolute Gasteiger partial charge is 0.347 e. The molecule has 2 aromatic rings. The van der Waals surface area contributed by atoms with Gasteiger partial charge in [0.05, 0.1) is 5.52 Å². The average Bonchev–Trinajstić information content (AvgIpc) is 2.79. The molecule has 1 saturated carbocycles. The highest BCUT2D eigenvalue weighted by Crippen LogP contribution is 2.25.